The van der Waals surface area contributed by atoms with E-state index in [1.807, 2.05) is 11.8 Å². The van der Waals surface area contributed by atoms with Gasteiger partial charge in [0.2, 0.25) is 0 Å². The van der Waals surface area contributed by atoms with Gasteiger partial charge in [-0.2, -0.15) is 0 Å². The molecule has 0 unspecified atom stereocenters. The minimum Gasteiger partial charge on any atom is -0.450 e. The second-order valence-electron chi connectivity index (χ2n) is 5.43. The molecule has 0 spiro atoms. The first-order valence-corrected chi connectivity index (χ1v) is 6.89. The van der Waals surface area contributed by atoms with Crippen molar-refractivity contribution < 1.29 is 9.53 Å². The molecule has 3 nitrogen and oxygen atoms in total. The van der Waals surface area contributed by atoms with Gasteiger partial charge in [-0.1, -0.05) is 40.5 Å². The van der Waals surface area contributed by atoms with Gasteiger partial charge in [-0.3, -0.25) is 0 Å². The number of unbranched alkanes of at least 4 members (excludes halogenated alkanes) is 1. The predicted molar refractivity (Wildman–Crippen MR) is 72.1 cm³/mol. The largest absolute Gasteiger partial charge is 0.450 e. The number of carbonyl (C=O) groups is 1. The minimum absolute atomic E-state index is 0.161. The zero-order chi connectivity index (χ0) is 13.3. The molecule has 0 aromatic heterocycles. The van der Waals surface area contributed by atoms with Crippen molar-refractivity contribution in [2.24, 2.45) is 11.8 Å². The van der Waals surface area contributed by atoms with Crippen LogP contribution >= 0.6 is 0 Å². The second kappa shape index (κ2) is 9.32. The van der Waals surface area contributed by atoms with Gasteiger partial charge in [0, 0.05) is 13.1 Å². The summed E-state index contributed by atoms with van der Waals surface area (Å²) >= 11 is 0. The van der Waals surface area contributed by atoms with Crippen molar-refractivity contribution in [3.8, 4) is 0 Å². The highest BCUT2D eigenvalue weighted by molar-refractivity contribution is 5.67. The maximum atomic E-state index is 11.7. The molecule has 0 bridgehead atoms. The van der Waals surface area contributed by atoms with Gasteiger partial charge in [-0.15, -0.1) is 0 Å². The summed E-state index contributed by atoms with van der Waals surface area (Å²) in [6, 6.07) is 0. The number of amides is 1. The van der Waals surface area contributed by atoms with Crippen LogP contribution in [0.15, 0.2) is 0 Å². The molecule has 0 aliphatic heterocycles. The van der Waals surface area contributed by atoms with Crippen LogP contribution in [0.3, 0.4) is 0 Å². The first-order chi connectivity index (χ1) is 7.97. The Hall–Kier alpha value is -0.730. The summed E-state index contributed by atoms with van der Waals surface area (Å²) in [5.74, 6) is 1.24. The molecule has 0 saturated carbocycles. The Morgan fingerprint density at radius 3 is 2.24 bits per heavy atom. The minimum atomic E-state index is -0.161. The molecule has 3 heteroatoms. The van der Waals surface area contributed by atoms with Crippen molar-refractivity contribution in [2.75, 3.05) is 19.7 Å². The van der Waals surface area contributed by atoms with Gasteiger partial charge in [-0.05, 0) is 25.2 Å². The lowest BCUT2D eigenvalue weighted by atomic mass is 10.1. The fourth-order valence-electron chi connectivity index (χ4n) is 1.77. The van der Waals surface area contributed by atoms with E-state index < -0.39 is 0 Å². The van der Waals surface area contributed by atoms with Crippen LogP contribution in [0.4, 0.5) is 4.79 Å². The van der Waals surface area contributed by atoms with E-state index in [-0.39, 0.29) is 6.09 Å². The molecule has 0 atom stereocenters. The molecule has 102 valence electrons. The van der Waals surface area contributed by atoms with Crippen molar-refractivity contribution in [1.82, 2.24) is 4.90 Å². The van der Waals surface area contributed by atoms with E-state index >= 15 is 0 Å². The summed E-state index contributed by atoms with van der Waals surface area (Å²) in [5.41, 5.74) is 0. The lowest BCUT2D eigenvalue weighted by molar-refractivity contribution is 0.102. The zero-order valence-electron chi connectivity index (χ0n) is 12.2. The Morgan fingerprint density at radius 1 is 1.12 bits per heavy atom. The Morgan fingerprint density at radius 2 is 1.76 bits per heavy atom. The first kappa shape index (κ1) is 16.3. The van der Waals surface area contributed by atoms with Gasteiger partial charge >= 0.3 is 6.09 Å². The van der Waals surface area contributed by atoms with Crippen LogP contribution in [0, 0.1) is 11.8 Å². The van der Waals surface area contributed by atoms with E-state index in [1.54, 1.807) is 0 Å². The third-order valence-corrected chi connectivity index (χ3v) is 2.57. The van der Waals surface area contributed by atoms with Crippen LogP contribution < -0.4 is 0 Å². The molecule has 0 saturated heterocycles. The fraction of sp³-hybridized carbons (Fsp3) is 0.929. The highest BCUT2D eigenvalue weighted by Gasteiger charge is 2.15. The van der Waals surface area contributed by atoms with Gasteiger partial charge in [0.05, 0.1) is 6.61 Å². The molecule has 0 radical (unpaired) electrons. The van der Waals surface area contributed by atoms with Crippen LogP contribution in [0.2, 0.25) is 0 Å². The number of ether oxygens (including phenoxy) is 1. The van der Waals surface area contributed by atoms with Gasteiger partial charge in [0.15, 0.2) is 0 Å². The topological polar surface area (TPSA) is 29.5 Å². The van der Waals surface area contributed by atoms with Crippen LogP contribution in [-0.4, -0.2) is 30.7 Å². The number of nitrogens with zero attached hydrogens (tertiary/aromatic N) is 1. The lowest BCUT2D eigenvalue weighted by Gasteiger charge is -2.23. The van der Waals surface area contributed by atoms with E-state index in [9.17, 15) is 4.79 Å². The third kappa shape index (κ3) is 9.02. The average Bonchev–Trinajstić information content (AvgIpc) is 2.22. The van der Waals surface area contributed by atoms with E-state index in [4.69, 9.17) is 4.74 Å². The summed E-state index contributed by atoms with van der Waals surface area (Å²) in [7, 11) is 0. The lowest BCUT2D eigenvalue weighted by Crippen LogP contribution is -2.35. The molecular weight excluding hydrogens is 214 g/mol. The molecule has 17 heavy (non-hydrogen) atoms. The summed E-state index contributed by atoms with van der Waals surface area (Å²) < 4.78 is 5.07. The molecule has 0 aromatic rings. The SMILES string of the molecule is CCOC(=O)N(CCCCC(C)C)CC(C)C. The summed E-state index contributed by atoms with van der Waals surface area (Å²) in [5, 5.41) is 0. The molecule has 1 amide bonds. The Labute approximate surface area is 107 Å². The maximum Gasteiger partial charge on any atom is 0.409 e. The van der Waals surface area contributed by atoms with Crippen molar-refractivity contribution in [3.05, 3.63) is 0 Å². The summed E-state index contributed by atoms with van der Waals surface area (Å²) in [6.45, 7) is 12.6. The fourth-order valence-corrected chi connectivity index (χ4v) is 1.77. The number of carbonyl (C=O) groups excluding carboxylic acids is 1. The van der Waals surface area contributed by atoms with Gasteiger partial charge in [0.25, 0.3) is 0 Å². The second-order valence-corrected chi connectivity index (χ2v) is 5.43. The first-order valence-electron chi connectivity index (χ1n) is 6.89. The molecule has 0 aliphatic carbocycles. The van der Waals surface area contributed by atoms with Crippen LogP contribution in [0.5, 0.6) is 0 Å². The Balaban J connectivity index is 3.97. The highest BCUT2D eigenvalue weighted by Crippen LogP contribution is 2.09. The monoisotopic (exact) mass is 243 g/mol. The van der Waals surface area contributed by atoms with Crippen molar-refractivity contribution >= 4 is 6.09 Å². The van der Waals surface area contributed by atoms with Gasteiger partial charge in [-0.25, -0.2) is 4.79 Å². The predicted octanol–water partition coefficient (Wildman–Crippen LogP) is 3.93. The zero-order valence-corrected chi connectivity index (χ0v) is 12.2. The molecule has 0 rings (SSSR count). The Kier molecular flexibility index (Phi) is 8.92. The normalized spacial score (nSPS) is 11.0. The smallest absolute Gasteiger partial charge is 0.409 e. The average molecular weight is 243 g/mol. The quantitative estimate of drug-likeness (QED) is 0.605. The summed E-state index contributed by atoms with van der Waals surface area (Å²) in [4.78, 5) is 13.6. The number of hydrogen-bond acceptors (Lipinski definition) is 2. The molecule has 0 N–H and O–H groups in total. The molecule has 0 aliphatic rings. The molecule has 0 fully saturated rings. The van der Waals surface area contributed by atoms with Crippen LogP contribution in [0.25, 0.3) is 0 Å². The highest BCUT2D eigenvalue weighted by atomic mass is 16.6. The van der Waals surface area contributed by atoms with E-state index in [0.717, 1.165) is 25.4 Å². The Bertz CT molecular complexity index is 202. The third-order valence-electron chi connectivity index (χ3n) is 2.57. The maximum absolute atomic E-state index is 11.7. The van der Waals surface area contributed by atoms with E-state index in [0.29, 0.717) is 12.5 Å². The molecule has 0 heterocycles. The summed E-state index contributed by atoms with van der Waals surface area (Å²) in [6.07, 6.45) is 3.33. The van der Waals surface area contributed by atoms with Crippen LogP contribution in [-0.2, 0) is 4.74 Å². The van der Waals surface area contributed by atoms with Crippen molar-refractivity contribution in [2.45, 2.75) is 53.9 Å². The van der Waals surface area contributed by atoms with Gasteiger partial charge < -0.3 is 9.64 Å². The van der Waals surface area contributed by atoms with Crippen LogP contribution in [0.1, 0.15) is 53.9 Å². The van der Waals surface area contributed by atoms with Crippen molar-refractivity contribution in [1.29, 1.82) is 0 Å². The number of rotatable bonds is 8. The standard InChI is InChI=1S/C14H29NO2/c1-6-17-14(16)15(11-13(4)5)10-8-7-9-12(2)3/h12-13H,6-11H2,1-5H3. The van der Waals surface area contributed by atoms with Crippen molar-refractivity contribution in [3.63, 3.8) is 0 Å². The number of hydrogen-bond donors (Lipinski definition) is 0. The van der Waals surface area contributed by atoms with E-state index in [2.05, 4.69) is 27.7 Å². The molecular formula is C14H29NO2. The molecule has 0 aromatic carbocycles. The van der Waals surface area contributed by atoms with Gasteiger partial charge in [0.1, 0.15) is 0 Å². The van der Waals surface area contributed by atoms with E-state index in [1.165, 1.54) is 12.8 Å².